The molecule has 50 heavy (non-hydrogen) atoms. The number of nitrogens with one attached hydrogen (secondary N) is 2. The van der Waals surface area contributed by atoms with Crippen LogP contribution in [0.2, 0.25) is 5.02 Å². The Balaban J connectivity index is 1.57. The average molecular weight is 713 g/mol. The van der Waals surface area contributed by atoms with Crippen LogP contribution in [0, 0.1) is 5.92 Å². The maximum absolute atomic E-state index is 14.2. The number of nitrogens with zero attached hydrogens (tertiary/aromatic N) is 1. The van der Waals surface area contributed by atoms with Gasteiger partial charge in [0.25, 0.3) is 0 Å². The van der Waals surface area contributed by atoms with Gasteiger partial charge in [-0.3, -0.25) is 15.4 Å². The van der Waals surface area contributed by atoms with Gasteiger partial charge in [-0.05, 0) is 62.2 Å². The predicted molar refractivity (Wildman–Crippen MR) is 188 cm³/mol. The van der Waals surface area contributed by atoms with Gasteiger partial charge in [-0.1, -0.05) is 42.3 Å². The molecule has 2 saturated heterocycles. The van der Waals surface area contributed by atoms with Crippen molar-refractivity contribution in [2.75, 3.05) is 37.2 Å². The van der Waals surface area contributed by atoms with Crippen LogP contribution in [-0.4, -0.2) is 80.2 Å². The first-order valence-electron chi connectivity index (χ1n) is 16.4. The van der Waals surface area contributed by atoms with Crippen molar-refractivity contribution in [3.8, 4) is 5.75 Å². The number of benzene rings is 2. The van der Waals surface area contributed by atoms with Gasteiger partial charge in [0.2, 0.25) is 5.91 Å². The minimum atomic E-state index is -1.81. The van der Waals surface area contributed by atoms with Crippen LogP contribution in [0.1, 0.15) is 45.6 Å². The minimum Gasteiger partial charge on any atom is -0.495 e. The van der Waals surface area contributed by atoms with E-state index in [4.69, 9.17) is 41.0 Å². The molecule has 3 amide bonds. The van der Waals surface area contributed by atoms with Crippen molar-refractivity contribution < 1.29 is 43.2 Å². The molecule has 3 aliphatic rings. The highest BCUT2D eigenvalue weighted by atomic mass is 35.5. The zero-order valence-electron chi connectivity index (χ0n) is 29.0. The van der Waals surface area contributed by atoms with E-state index >= 15 is 0 Å². The topological polar surface area (TPSA) is 171 Å². The number of nitrogens with two attached hydrogens (primary N) is 1. The van der Waals surface area contributed by atoms with E-state index in [1.54, 1.807) is 56.5 Å². The summed E-state index contributed by atoms with van der Waals surface area (Å²) in [7, 11) is 4.54. The van der Waals surface area contributed by atoms with Crippen molar-refractivity contribution in [1.29, 1.82) is 0 Å². The molecule has 0 aromatic heterocycles. The molecular formula is C36H45ClN4O9. The van der Waals surface area contributed by atoms with Gasteiger partial charge in [-0.2, -0.15) is 0 Å². The zero-order valence-corrected chi connectivity index (χ0v) is 29.8. The fourth-order valence-corrected chi connectivity index (χ4v) is 7.07. The van der Waals surface area contributed by atoms with Crippen molar-refractivity contribution in [3.05, 3.63) is 70.8 Å². The van der Waals surface area contributed by atoms with Crippen LogP contribution in [0.15, 0.2) is 60.2 Å². The fraction of sp³-hybridized carbons (Fsp3) is 0.472. The standard InChI is InChI=1S/C36H45ClN4O9/c1-20-8-7-9-30(47-6)36(45)18-29(49-34(44)40-36)21(2)28-17-35(22(3)48-28,50-33(43)39-25-12-10-24(38)11-13-25)19-31(42)41(4)26-15-23(14-20)16-27(46-5)32(26)37/h7-13,15-16,21-22,28-30,45H,14,17-19,38H2,1-6H3,(H,39,43)(H,40,44)/b9-7+,20-8+/t21-,22?,28+,29-,30+,35-,36-/m0/s1. The molecule has 0 radical (unpaired) electrons. The fourth-order valence-electron chi connectivity index (χ4n) is 6.76. The van der Waals surface area contributed by atoms with Crippen molar-refractivity contribution in [3.63, 3.8) is 0 Å². The molecule has 0 spiro atoms. The number of allylic oxidation sites excluding steroid dienone is 3. The number of fused-ring (bicyclic) bond motifs is 6. The van der Waals surface area contributed by atoms with Gasteiger partial charge in [-0.15, -0.1) is 0 Å². The summed E-state index contributed by atoms with van der Waals surface area (Å²) < 4.78 is 29.5. The summed E-state index contributed by atoms with van der Waals surface area (Å²) in [5, 5.41) is 17.2. The monoisotopic (exact) mass is 712 g/mol. The first-order chi connectivity index (χ1) is 23.7. The van der Waals surface area contributed by atoms with Crippen LogP contribution in [0.4, 0.5) is 26.7 Å². The molecule has 5 rings (SSSR count). The number of carbonyl (C=O) groups is 3. The Hall–Kier alpha value is -4.30. The molecule has 2 fully saturated rings. The molecule has 2 aromatic rings. The highest BCUT2D eigenvalue weighted by Crippen LogP contribution is 2.44. The minimum absolute atomic E-state index is 0.0308. The van der Waals surface area contributed by atoms with Crippen LogP contribution in [0.3, 0.4) is 0 Å². The lowest BCUT2D eigenvalue weighted by molar-refractivity contribution is -0.150. The Morgan fingerprint density at radius 2 is 1.86 bits per heavy atom. The van der Waals surface area contributed by atoms with Crippen LogP contribution in [0.25, 0.3) is 0 Å². The highest BCUT2D eigenvalue weighted by Gasteiger charge is 2.55. The van der Waals surface area contributed by atoms with E-state index < -0.39 is 59.8 Å². The molecular weight excluding hydrogens is 668 g/mol. The first kappa shape index (κ1) is 37.0. The number of halogens is 1. The van der Waals surface area contributed by atoms with Gasteiger partial charge in [-0.25, -0.2) is 9.59 Å². The lowest BCUT2D eigenvalue weighted by Gasteiger charge is -2.42. The van der Waals surface area contributed by atoms with Crippen LogP contribution >= 0.6 is 11.6 Å². The summed E-state index contributed by atoms with van der Waals surface area (Å²) in [5.74, 6) is -0.513. The van der Waals surface area contributed by atoms with Gasteiger partial charge >= 0.3 is 12.2 Å². The Labute approximate surface area is 296 Å². The summed E-state index contributed by atoms with van der Waals surface area (Å²) in [5.41, 5.74) is 5.69. The molecule has 2 aromatic carbocycles. The Morgan fingerprint density at radius 3 is 2.54 bits per heavy atom. The molecule has 1 unspecified atom stereocenters. The summed E-state index contributed by atoms with van der Waals surface area (Å²) >= 11 is 6.76. The normalized spacial score (nSPS) is 31.9. The van der Waals surface area contributed by atoms with Crippen LogP contribution in [-0.2, 0) is 30.2 Å². The van der Waals surface area contributed by atoms with Crippen LogP contribution < -0.4 is 26.0 Å². The second-order valence-corrected chi connectivity index (χ2v) is 13.6. The van der Waals surface area contributed by atoms with E-state index in [-0.39, 0.29) is 24.3 Å². The number of rotatable bonds is 4. The Morgan fingerprint density at radius 1 is 1.14 bits per heavy atom. The molecule has 0 saturated carbocycles. The van der Waals surface area contributed by atoms with E-state index in [0.717, 1.165) is 11.1 Å². The van der Waals surface area contributed by atoms with Crippen molar-refractivity contribution in [1.82, 2.24) is 5.32 Å². The summed E-state index contributed by atoms with van der Waals surface area (Å²) in [6, 6.07) is 10.2. The number of amides is 3. The second-order valence-electron chi connectivity index (χ2n) is 13.3. The summed E-state index contributed by atoms with van der Waals surface area (Å²) in [6.07, 6.45) is 0.764. The van der Waals surface area contributed by atoms with E-state index in [9.17, 15) is 19.5 Å². The third-order valence-corrected chi connectivity index (χ3v) is 10.1. The maximum Gasteiger partial charge on any atom is 0.412 e. The molecule has 5 N–H and O–H groups in total. The van der Waals surface area contributed by atoms with E-state index in [1.165, 1.54) is 19.1 Å². The quantitative estimate of drug-likeness (QED) is 0.303. The predicted octanol–water partition coefficient (Wildman–Crippen LogP) is 5.35. The number of ether oxygens (including phenoxy) is 5. The highest BCUT2D eigenvalue weighted by molar-refractivity contribution is 6.35. The number of nitrogen functional groups attached to an aromatic ring is 1. The SMILES string of the molecule is COc1cc2cc(c1Cl)N(C)C(=O)C[C@@]1(OC(=O)Nc3ccc(N)cc3)C[C@@H](OC1C)[C@H](C)[C@@H]1C[C@@](O)(NC(=O)O1)[C@H](OC)/C=C/C=C(\C)C2. The molecule has 13 nitrogen and oxygen atoms in total. The Kier molecular flexibility index (Phi) is 11.0. The summed E-state index contributed by atoms with van der Waals surface area (Å²) in [4.78, 5) is 41.9. The van der Waals surface area contributed by atoms with Crippen molar-refractivity contribution >= 4 is 46.8 Å². The molecule has 0 aliphatic carbocycles. The van der Waals surface area contributed by atoms with Gasteiger partial charge in [0.15, 0.2) is 11.3 Å². The average Bonchev–Trinajstić information content (AvgIpc) is 3.37. The third kappa shape index (κ3) is 7.86. The molecule has 14 heteroatoms. The zero-order chi connectivity index (χ0) is 36.4. The maximum atomic E-state index is 14.2. The van der Waals surface area contributed by atoms with Crippen molar-refractivity contribution in [2.45, 2.75) is 82.2 Å². The summed E-state index contributed by atoms with van der Waals surface area (Å²) in [6.45, 7) is 5.48. The molecule has 3 aliphatic heterocycles. The smallest absolute Gasteiger partial charge is 0.412 e. The number of hydrogen-bond acceptors (Lipinski definition) is 10. The number of methoxy groups -OCH3 is 2. The van der Waals surface area contributed by atoms with Gasteiger partial charge in [0, 0.05) is 44.3 Å². The third-order valence-electron chi connectivity index (χ3n) is 9.74. The molecule has 270 valence electrons. The number of aliphatic hydroxyl groups is 1. The molecule has 7 atom stereocenters. The van der Waals surface area contributed by atoms with E-state index in [1.807, 2.05) is 26.0 Å². The number of alkyl carbamates (subject to hydrolysis) is 1. The van der Waals surface area contributed by atoms with E-state index in [0.29, 0.717) is 29.2 Å². The molecule has 3 heterocycles. The van der Waals surface area contributed by atoms with Gasteiger partial charge in [0.1, 0.15) is 23.0 Å². The van der Waals surface area contributed by atoms with Crippen molar-refractivity contribution in [2.24, 2.45) is 5.92 Å². The van der Waals surface area contributed by atoms with Crippen LogP contribution in [0.5, 0.6) is 5.75 Å². The lowest BCUT2D eigenvalue weighted by atomic mass is 9.83. The number of carbonyl (C=O) groups excluding carboxylic acids is 3. The number of anilines is 3. The Bertz CT molecular complexity index is 1670. The van der Waals surface area contributed by atoms with Gasteiger partial charge in [0.05, 0.1) is 31.4 Å². The van der Waals surface area contributed by atoms with E-state index in [2.05, 4.69) is 10.6 Å². The van der Waals surface area contributed by atoms with Gasteiger partial charge < -0.3 is 39.4 Å². The largest absolute Gasteiger partial charge is 0.495 e. The molecule has 6 bridgehead atoms. The first-order valence-corrected chi connectivity index (χ1v) is 16.8. The lowest BCUT2D eigenvalue weighted by Crippen LogP contribution is -2.63. The number of hydrogen-bond donors (Lipinski definition) is 4. The second kappa shape index (κ2) is 14.9.